The van der Waals surface area contributed by atoms with E-state index in [0.29, 0.717) is 19.5 Å². The van der Waals surface area contributed by atoms with Crippen LogP contribution < -0.4 is 5.32 Å². The highest BCUT2D eigenvalue weighted by Crippen LogP contribution is 2.06. The fourth-order valence-corrected chi connectivity index (χ4v) is 2.04. The summed E-state index contributed by atoms with van der Waals surface area (Å²) in [5.41, 5.74) is 0.940. The summed E-state index contributed by atoms with van der Waals surface area (Å²) in [6.07, 6.45) is 5.12. The minimum absolute atomic E-state index is 0.184. The van der Waals surface area contributed by atoms with Gasteiger partial charge in [-0.3, -0.25) is 15.1 Å². The molecule has 0 aliphatic carbocycles. The Morgan fingerprint density at radius 2 is 2.32 bits per heavy atom. The first-order valence-corrected chi connectivity index (χ1v) is 7.01. The van der Waals surface area contributed by atoms with Crippen LogP contribution in [0.2, 0.25) is 0 Å². The van der Waals surface area contributed by atoms with Crippen LogP contribution in [0.15, 0.2) is 47.3 Å². The van der Waals surface area contributed by atoms with Gasteiger partial charge in [0.25, 0.3) is 5.91 Å². The van der Waals surface area contributed by atoms with Gasteiger partial charge in [-0.05, 0) is 36.0 Å². The number of hydrogen-bond acceptors (Lipinski definition) is 5. The van der Waals surface area contributed by atoms with E-state index in [1.165, 1.54) is 6.26 Å². The highest BCUT2D eigenvalue weighted by molar-refractivity contribution is 7.80. The quantitative estimate of drug-likeness (QED) is 0.851. The molecule has 0 aliphatic heterocycles. The number of carbonyl (C=O) groups is 1. The van der Waals surface area contributed by atoms with Crippen molar-refractivity contribution in [3.05, 3.63) is 54.2 Å². The normalized spacial score (nSPS) is 9.77. The molecule has 2 aromatic heterocycles. The second-order valence-corrected chi connectivity index (χ2v) is 4.81. The topological polar surface area (TPSA) is 82.2 Å². The average Bonchev–Trinajstić information content (AvgIpc) is 3.06. The highest BCUT2D eigenvalue weighted by Gasteiger charge is 2.15. The van der Waals surface area contributed by atoms with Crippen LogP contribution in [-0.4, -0.2) is 27.4 Å². The van der Waals surface area contributed by atoms with E-state index >= 15 is 0 Å². The van der Waals surface area contributed by atoms with Gasteiger partial charge in [0.2, 0.25) is 0 Å². The van der Waals surface area contributed by atoms with Crippen molar-refractivity contribution in [2.24, 2.45) is 0 Å². The molecule has 0 spiro atoms. The molecule has 0 saturated carbocycles. The molecule has 6 nitrogen and oxygen atoms in total. The molecule has 0 aliphatic rings. The van der Waals surface area contributed by atoms with Gasteiger partial charge in [0.15, 0.2) is 10.9 Å². The standard InChI is InChI=1S/C15H14N4O2S/c16-6-3-8-19(11-12-4-1-7-17-10-12)15(22)18-14(20)13-5-2-9-21-13/h1-2,4-5,7,9-10H,3,8,11H2,(H,18,20,22). The largest absolute Gasteiger partial charge is 0.459 e. The van der Waals surface area contributed by atoms with Gasteiger partial charge in [0, 0.05) is 25.5 Å². The fourth-order valence-electron chi connectivity index (χ4n) is 1.79. The number of pyridine rings is 1. The van der Waals surface area contributed by atoms with Crippen molar-refractivity contribution in [1.82, 2.24) is 15.2 Å². The lowest BCUT2D eigenvalue weighted by Gasteiger charge is -2.24. The summed E-state index contributed by atoms with van der Waals surface area (Å²) in [6.45, 7) is 0.884. The molecule has 2 rings (SSSR count). The first kappa shape index (κ1) is 15.7. The van der Waals surface area contributed by atoms with E-state index in [-0.39, 0.29) is 10.9 Å². The van der Waals surface area contributed by atoms with Crippen LogP contribution in [0.25, 0.3) is 0 Å². The Bertz CT molecular complexity index is 665. The summed E-state index contributed by atoms with van der Waals surface area (Å²) >= 11 is 5.26. The number of hydrogen-bond donors (Lipinski definition) is 1. The van der Waals surface area contributed by atoms with E-state index in [0.717, 1.165) is 5.56 Å². The van der Waals surface area contributed by atoms with Gasteiger partial charge in [-0.2, -0.15) is 5.26 Å². The minimum atomic E-state index is -0.414. The maximum atomic E-state index is 12.0. The van der Waals surface area contributed by atoms with Crippen molar-refractivity contribution >= 4 is 23.2 Å². The molecule has 0 saturated heterocycles. The van der Waals surface area contributed by atoms with Crippen molar-refractivity contribution in [2.75, 3.05) is 6.54 Å². The third-order valence-electron chi connectivity index (χ3n) is 2.84. The zero-order valence-electron chi connectivity index (χ0n) is 11.7. The number of thiocarbonyl (C=S) groups is 1. The molecule has 0 radical (unpaired) electrons. The SMILES string of the molecule is N#CCCN(Cc1cccnc1)C(=S)NC(=O)c1ccco1. The first-order valence-electron chi connectivity index (χ1n) is 6.60. The smallest absolute Gasteiger partial charge is 0.293 e. The maximum Gasteiger partial charge on any atom is 0.293 e. The van der Waals surface area contributed by atoms with Crippen molar-refractivity contribution in [1.29, 1.82) is 5.26 Å². The number of nitrogens with zero attached hydrogens (tertiary/aromatic N) is 3. The maximum absolute atomic E-state index is 12.0. The van der Waals surface area contributed by atoms with Crippen molar-refractivity contribution in [3.63, 3.8) is 0 Å². The Morgan fingerprint density at radius 1 is 1.45 bits per heavy atom. The van der Waals surface area contributed by atoms with E-state index < -0.39 is 5.91 Å². The molecule has 112 valence electrons. The summed E-state index contributed by atoms with van der Waals surface area (Å²) in [4.78, 5) is 17.7. The number of furan rings is 1. The number of carbonyl (C=O) groups excluding carboxylic acids is 1. The van der Waals surface area contributed by atoms with E-state index in [4.69, 9.17) is 21.9 Å². The molecular formula is C15H14N4O2S. The molecule has 0 atom stereocenters. The van der Waals surface area contributed by atoms with Crippen molar-refractivity contribution in [3.8, 4) is 6.07 Å². The van der Waals surface area contributed by atoms with Crippen molar-refractivity contribution in [2.45, 2.75) is 13.0 Å². The third kappa shape index (κ3) is 4.40. The molecule has 2 aromatic rings. The highest BCUT2D eigenvalue weighted by atomic mass is 32.1. The molecule has 0 unspecified atom stereocenters. The number of aromatic nitrogens is 1. The Kier molecular flexibility index (Phi) is 5.63. The van der Waals surface area contributed by atoms with Gasteiger partial charge in [0.05, 0.1) is 18.8 Å². The molecule has 7 heteroatoms. The molecule has 0 bridgehead atoms. The summed E-state index contributed by atoms with van der Waals surface area (Å²) in [5.74, 6) is -0.230. The van der Waals surface area contributed by atoms with E-state index in [1.807, 2.05) is 12.1 Å². The molecule has 1 amide bonds. The van der Waals surface area contributed by atoms with Gasteiger partial charge in [-0.1, -0.05) is 6.07 Å². The summed E-state index contributed by atoms with van der Waals surface area (Å²) in [6, 6.07) is 8.98. The lowest BCUT2D eigenvalue weighted by atomic mass is 10.2. The zero-order valence-corrected chi connectivity index (χ0v) is 12.5. The first-order chi connectivity index (χ1) is 10.7. The third-order valence-corrected chi connectivity index (χ3v) is 3.20. The Morgan fingerprint density at radius 3 is 2.95 bits per heavy atom. The second-order valence-electron chi connectivity index (χ2n) is 4.43. The molecule has 22 heavy (non-hydrogen) atoms. The number of nitriles is 1. The summed E-state index contributed by atoms with van der Waals surface area (Å²) < 4.78 is 5.02. The molecule has 2 heterocycles. The van der Waals surface area contributed by atoms with Gasteiger partial charge < -0.3 is 9.32 Å². The zero-order chi connectivity index (χ0) is 15.8. The second kappa shape index (κ2) is 7.90. The summed E-state index contributed by atoms with van der Waals surface area (Å²) in [5, 5.41) is 11.6. The van der Waals surface area contributed by atoms with Crippen LogP contribution in [-0.2, 0) is 6.54 Å². The Hall–Kier alpha value is -2.72. The van der Waals surface area contributed by atoms with Gasteiger partial charge in [-0.25, -0.2) is 0 Å². The fraction of sp³-hybridized carbons (Fsp3) is 0.200. The number of amides is 1. The van der Waals surface area contributed by atoms with Gasteiger partial charge in [0.1, 0.15) is 0 Å². The van der Waals surface area contributed by atoms with Crippen LogP contribution in [0, 0.1) is 11.3 Å². The van der Waals surface area contributed by atoms with E-state index in [2.05, 4.69) is 16.4 Å². The van der Waals surface area contributed by atoms with Gasteiger partial charge in [-0.15, -0.1) is 0 Å². The minimum Gasteiger partial charge on any atom is -0.459 e. The predicted molar refractivity (Wildman–Crippen MR) is 83.6 cm³/mol. The van der Waals surface area contributed by atoms with Crippen LogP contribution >= 0.6 is 12.2 Å². The number of rotatable bonds is 5. The molecule has 0 fully saturated rings. The van der Waals surface area contributed by atoms with Crippen LogP contribution in [0.4, 0.5) is 0 Å². The lowest BCUT2D eigenvalue weighted by molar-refractivity contribution is 0.0946. The Labute approximate surface area is 133 Å². The molecular weight excluding hydrogens is 300 g/mol. The molecule has 0 aromatic carbocycles. The predicted octanol–water partition coefficient (Wildman–Crippen LogP) is 2.11. The van der Waals surface area contributed by atoms with Crippen molar-refractivity contribution < 1.29 is 9.21 Å². The van der Waals surface area contributed by atoms with Crippen LogP contribution in [0.3, 0.4) is 0 Å². The Balaban J connectivity index is 2.02. The molecule has 1 N–H and O–H groups in total. The lowest BCUT2D eigenvalue weighted by Crippen LogP contribution is -2.42. The van der Waals surface area contributed by atoms with Crippen LogP contribution in [0.5, 0.6) is 0 Å². The summed E-state index contributed by atoms with van der Waals surface area (Å²) in [7, 11) is 0. The van der Waals surface area contributed by atoms with E-state index in [9.17, 15) is 4.79 Å². The monoisotopic (exact) mass is 314 g/mol. The van der Waals surface area contributed by atoms with Crippen LogP contribution in [0.1, 0.15) is 22.5 Å². The van der Waals surface area contributed by atoms with Gasteiger partial charge >= 0.3 is 0 Å². The number of nitrogens with one attached hydrogen (secondary N) is 1. The average molecular weight is 314 g/mol. The van der Waals surface area contributed by atoms with E-state index in [1.54, 1.807) is 29.4 Å².